The summed E-state index contributed by atoms with van der Waals surface area (Å²) in [7, 11) is 1.94. The van der Waals surface area contributed by atoms with Crippen LogP contribution in [-0.4, -0.2) is 30.1 Å². The molecule has 1 atom stereocenters. The molecule has 0 saturated carbocycles. The molecule has 1 fully saturated rings. The van der Waals surface area contributed by atoms with Gasteiger partial charge in [-0.25, -0.2) is 9.97 Å². The van der Waals surface area contributed by atoms with Crippen LogP contribution in [0.3, 0.4) is 0 Å². The lowest BCUT2D eigenvalue weighted by atomic mass is 9.95. The second kappa shape index (κ2) is 6.73. The third kappa shape index (κ3) is 3.17. The first-order valence-electron chi connectivity index (χ1n) is 7.56. The van der Waals surface area contributed by atoms with E-state index in [0.717, 1.165) is 43.5 Å². The molecule has 0 radical (unpaired) electrons. The highest BCUT2D eigenvalue weighted by Crippen LogP contribution is 2.29. The third-order valence-corrected chi connectivity index (χ3v) is 4.06. The molecule has 4 nitrogen and oxygen atoms in total. The largest absolute Gasteiger partial charge is 0.373 e. The second-order valence-electron chi connectivity index (χ2n) is 5.39. The minimum atomic E-state index is 0.816. The zero-order valence-electron chi connectivity index (χ0n) is 12.4. The number of piperidine rings is 1. The molecule has 1 aromatic heterocycles. The number of hydrogen-bond acceptors (Lipinski definition) is 4. The molecule has 1 aliphatic rings. The molecule has 0 bridgehead atoms. The summed E-state index contributed by atoms with van der Waals surface area (Å²) < 4.78 is 0. The van der Waals surface area contributed by atoms with Crippen LogP contribution in [0.25, 0.3) is 0 Å². The summed E-state index contributed by atoms with van der Waals surface area (Å²) in [6, 6.07) is 0. The molecule has 1 saturated heterocycles. The highest BCUT2D eigenvalue weighted by Gasteiger charge is 2.22. The molecule has 0 aliphatic carbocycles. The van der Waals surface area contributed by atoms with Gasteiger partial charge in [0.15, 0.2) is 0 Å². The number of hydrogen-bond donors (Lipinski definition) is 1. The van der Waals surface area contributed by atoms with Crippen LogP contribution in [0.2, 0.25) is 0 Å². The Morgan fingerprint density at radius 1 is 1.37 bits per heavy atom. The van der Waals surface area contributed by atoms with E-state index in [9.17, 15) is 0 Å². The van der Waals surface area contributed by atoms with Crippen molar-refractivity contribution >= 4 is 11.6 Å². The lowest BCUT2D eigenvalue weighted by Crippen LogP contribution is -2.36. The van der Waals surface area contributed by atoms with E-state index < -0.39 is 0 Å². The summed E-state index contributed by atoms with van der Waals surface area (Å²) in [4.78, 5) is 11.4. The van der Waals surface area contributed by atoms with E-state index in [-0.39, 0.29) is 0 Å². The van der Waals surface area contributed by atoms with Crippen LogP contribution >= 0.6 is 0 Å². The van der Waals surface area contributed by atoms with Gasteiger partial charge in [0, 0.05) is 25.7 Å². The van der Waals surface area contributed by atoms with Crippen LogP contribution in [0.4, 0.5) is 11.6 Å². The maximum Gasteiger partial charge on any atom is 0.137 e. The van der Waals surface area contributed by atoms with Crippen LogP contribution < -0.4 is 10.2 Å². The van der Waals surface area contributed by atoms with Crippen molar-refractivity contribution < 1.29 is 0 Å². The van der Waals surface area contributed by atoms with Gasteiger partial charge >= 0.3 is 0 Å². The van der Waals surface area contributed by atoms with Gasteiger partial charge < -0.3 is 10.2 Å². The molecule has 0 aromatic carbocycles. The number of aromatic nitrogens is 2. The zero-order chi connectivity index (χ0) is 13.7. The van der Waals surface area contributed by atoms with Gasteiger partial charge in [-0.1, -0.05) is 26.7 Å². The number of nitrogens with zero attached hydrogens (tertiary/aromatic N) is 3. The van der Waals surface area contributed by atoms with E-state index in [1.165, 1.54) is 24.8 Å². The first-order valence-corrected chi connectivity index (χ1v) is 7.56. The fraction of sp³-hybridized carbons (Fsp3) is 0.733. The Balaban J connectivity index is 2.27. The second-order valence-corrected chi connectivity index (χ2v) is 5.39. The van der Waals surface area contributed by atoms with E-state index in [1.54, 1.807) is 6.33 Å². The van der Waals surface area contributed by atoms with Crippen LogP contribution in [0.1, 0.15) is 45.1 Å². The summed E-state index contributed by atoms with van der Waals surface area (Å²) in [6.45, 7) is 6.78. The van der Waals surface area contributed by atoms with E-state index in [4.69, 9.17) is 0 Å². The topological polar surface area (TPSA) is 41.1 Å². The molecule has 4 heteroatoms. The Hall–Kier alpha value is -1.32. The van der Waals surface area contributed by atoms with Crippen molar-refractivity contribution in [3.8, 4) is 0 Å². The van der Waals surface area contributed by atoms with Crippen molar-refractivity contribution in [2.45, 2.75) is 46.0 Å². The lowest BCUT2D eigenvalue weighted by Gasteiger charge is -2.34. The minimum Gasteiger partial charge on any atom is -0.373 e. The smallest absolute Gasteiger partial charge is 0.137 e. The fourth-order valence-corrected chi connectivity index (χ4v) is 2.96. The van der Waals surface area contributed by atoms with Crippen molar-refractivity contribution in [3.05, 3.63) is 11.9 Å². The molecule has 19 heavy (non-hydrogen) atoms. The Morgan fingerprint density at radius 2 is 2.21 bits per heavy atom. The SMILES string of the molecule is CCCc1c(NC)ncnc1N1CCCC(CC)C1. The van der Waals surface area contributed by atoms with Gasteiger partial charge in [0.25, 0.3) is 0 Å². The predicted molar refractivity (Wildman–Crippen MR) is 80.8 cm³/mol. The summed E-state index contributed by atoms with van der Waals surface area (Å²) in [6.07, 6.45) is 7.77. The molecule has 1 aliphatic heterocycles. The highest BCUT2D eigenvalue weighted by atomic mass is 15.2. The van der Waals surface area contributed by atoms with Gasteiger partial charge in [-0.15, -0.1) is 0 Å². The number of nitrogens with one attached hydrogen (secondary N) is 1. The van der Waals surface area contributed by atoms with E-state index in [2.05, 4.69) is 34.0 Å². The summed E-state index contributed by atoms with van der Waals surface area (Å²) in [5, 5.41) is 3.21. The van der Waals surface area contributed by atoms with Gasteiger partial charge in [0.05, 0.1) is 0 Å². The first kappa shape index (κ1) is 14.1. The van der Waals surface area contributed by atoms with Gasteiger partial charge in [-0.05, 0) is 25.2 Å². The standard InChI is InChI=1S/C15H26N4/c1-4-7-13-14(16-3)17-11-18-15(13)19-9-6-8-12(5-2)10-19/h11-12H,4-10H2,1-3H3,(H,16,17,18). The normalized spacial score (nSPS) is 19.5. The molecular weight excluding hydrogens is 236 g/mol. The van der Waals surface area contributed by atoms with Crippen LogP contribution in [0.5, 0.6) is 0 Å². The van der Waals surface area contributed by atoms with Crippen LogP contribution in [0.15, 0.2) is 6.33 Å². The van der Waals surface area contributed by atoms with Crippen molar-refractivity contribution in [1.82, 2.24) is 9.97 Å². The molecular formula is C15H26N4. The van der Waals surface area contributed by atoms with E-state index in [0.29, 0.717) is 0 Å². The molecule has 2 rings (SSSR count). The Bertz CT molecular complexity index is 405. The Labute approximate surface area is 116 Å². The molecule has 1 N–H and O–H groups in total. The molecule has 2 heterocycles. The quantitative estimate of drug-likeness (QED) is 0.885. The Morgan fingerprint density at radius 3 is 2.89 bits per heavy atom. The first-order chi connectivity index (χ1) is 9.30. The van der Waals surface area contributed by atoms with Gasteiger partial charge in [0.1, 0.15) is 18.0 Å². The fourth-order valence-electron chi connectivity index (χ4n) is 2.96. The van der Waals surface area contributed by atoms with Gasteiger partial charge in [-0.3, -0.25) is 0 Å². The Kier molecular flexibility index (Phi) is 5.00. The van der Waals surface area contributed by atoms with Crippen molar-refractivity contribution in [2.24, 2.45) is 5.92 Å². The molecule has 1 unspecified atom stereocenters. The monoisotopic (exact) mass is 262 g/mol. The maximum atomic E-state index is 4.57. The molecule has 1 aromatic rings. The van der Waals surface area contributed by atoms with Crippen molar-refractivity contribution in [2.75, 3.05) is 30.4 Å². The van der Waals surface area contributed by atoms with Crippen LogP contribution in [-0.2, 0) is 6.42 Å². The average molecular weight is 262 g/mol. The average Bonchev–Trinajstić information content (AvgIpc) is 2.48. The zero-order valence-corrected chi connectivity index (χ0v) is 12.4. The summed E-state index contributed by atoms with van der Waals surface area (Å²) in [5.41, 5.74) is 1.28. The summed E-state index contributed by atoms with van der Waals surface area (Å²) in [5.74, 6) is 2.96. The molecule has 0 spiro atoms. The lowest BCUT2D eigenvalue weighted by molar-refractivity contribution is 0.402. The number of anilines is 2. The maximum absolute atomic E-state index is 4.57. The third-order valence-electron chi connectivity index (χ3n) is 4.06. The highest BCUT2D eigenvalue weighted by molar-refractivity contribution is 5.58. The van der Waals surface area contributed by atoms with E-state index in [1.807, 2.05) is 7.05 Å². The molecule has 106 valence electrons. The van der Waals surface area contributed by atoms with Gasteiger partial charge in [-0.2, -0.15) is 0 Å². The predicted octanol–water partition coefficient (Wildman–Crippen LogP) is 3.10. The van der Waals surface area contributed by atoms with E-state index >= 15 is 0 Å². The molecule has 0 amide bonds. The van der Waals surface area contributed by atoms with Crippen molar-refractivity contribution in [1.29, 1.82) is 0 Å². The number of rotatable bonds is 5. The minimum absolute atomic E-state index is 0.816. The van der Waals surface area contributed by atoms with Crippen molar-refractivity contribution in [3.63, 3.8) is 0 Å². The summed E-state index contributed by atoms with van der Waals surface area (Å²) >= 11 is 0. The van der Waals surface area contributed by atoms with Gasteiger partial charge in [0.2, 0.25) is 0 Å². The van der Waals surface area contributed by atoms with Crippen LogP contribution in [0, 0.1) is 5.92 Å².